The molecule has 17 heavy (non-hydrogen) atoms. The van der Waals surface area contributed by atoms with Gasteiger partial charge in [0.2, 0.25) is 0 Å². The van der Waals surface area contributed by atoms with E-state index >= 15 is 0 Å². The largest absolute Gasteiger partial charge is 0.333 e. The van der Waals surface area contributed by atoms with Crippen molar-refractivity contribution in [1.29, 1.82) is 0 Å². The summed E-state index contributed by atoms with van der Waals surface area (Å²) in [4.78, 5) is 4.15. The Hall–Kier alpha value is -1.13. The third-order valence-corrected chi connectivity index (χ3v) is 4.27. The van der Waals surface area contributed by atoms with Gasteiger partial charge in [0.25, 0.3) is 0 Å². The lowest BCUT2D eigenvalue weighted by molar-refractivity contribution is 0.391. The van der Waals surface area contributed by atoms with Gasteiger partial charge >= 0.3 is 0 Å². The molecule has 2 unspecified atom stereocenters. The highest BCUT2D eigenvalue weighted by molar-refractivity contribution is 7.07. The molecule has 90 valence electrons. The molecule has 0 spiro atoms. The molecule has 1 aliphatic carbocycles. The summed E-state index contributed by atoms with van der Waals surface area (Å²) < 4.78 is 2.25. The Morgan fingerprint density at radius 2 is 2.47 bits per heavy atom. The van der Waals surface area contributed by atoms with E-state index in [1.165, 1.54) is 24.8 Å². The molecule has 0 amide bonds. The van der Waals surface area contributed by atoms with Crippen LogP contribution in [0.3, 0.4) is 0 Å². The number of nitrogens with one attached hydrogen (secondary N) is 1. The van der Waals surface area contributed by atoms with Crippen molar-refractivity contribution in [2.45, 2.75) is 37.9 Å². The quantitative estimate of drug-likeness (QED) is 0.900. The number of nitrogens with zero attached hydrogens (tertiary/aromatic N) is 2. The van der Waals surface area contributed by atoms with Crippen molar-refractivity contribution >= 4 is 11.3 Å². The summed E-state index contributed by atoms with van der Waals surface area (Å²) in [5.74, 6) is 0. The number of hydrogen-bond donors (Lipinski definition) is 1. The predicted molar refractivity (Wildman–Crippen MR) is 70.1 cm³/mol. The smallest absolute Gasteiger partial charge is 0.0949 e. The molecule has 0 aromatic carbocycles. The molecule has 3 nitrogen and oxygen atoms in total. The summed E-state index contributed by atoms with van der Waals surface area (Å²) in [6.07, 6.45) is 9.73. The summed E-state index contributed by atoms with van der Waals surface area (Å²) in [5.41, 5.74) is 1.39. The van der Waals surface area contributed by atoms with Crippen molar-refractivity contribution < 1.29 is 0 Å². The monoisotopic (exact) mass is 247 g/mol. The van der Waals surface area contributed by atoms with Crippen molar-refractivity contribution in [3.05, 3.63) is 41.1 Å². The molecule has 1 fully saturated rings. The Morgan fingerprint density at radius 1 is 1.47 bits per heavy atom. The maximum absolute atomic E-state index is 4.15. The average molecular weight is 247 g/mol. The van der Waals surface area contributed by atoms with Gasteiger partial charge in [-0.1, -0.05) is 0 Å². The Labute approximate surface area is 106 Å². The second-order valence-corrected chi connectivity index (χ2v) is 5.41. The van der Waals surface area contributed by atoms with Crippen molar-refractivity contribution in [3.8, 4) is 0 Å². The Kier molecular flexibility index (Phi) is 3.25. The zero-order valence-corrected chi connectivity index (χ0v) is 10.6. The van der Waals surface area contributed by atoms with Crippen LogP contribution in [0.2, 0.25) is 0 Å². The first-order chi connectivity index (χ1) is 8.43. The first kappa shape index (κ1) is 11.0. The highest BCUT2D eigenvalue weighted by atomic mass is 32.1. The van der Waals surface area contributed by atoms with E-state index in [1.807, 2.05) is 12.5 Å². The van der Waals surface area contributed by atoms with Gasteiger partial charge in [0.15, 0.2) is 0 Å². The molecule has 1 N–H and O–H groups in total. The fourth-order valence-corrected chi connectivity index (χ4v) is 3.31. The van der Waals surface area contributed by atoms with Gasteiger partial charge in [-0.25, -0.2) is 4.98 Å². The molecule has 0 radical (unpaired) electrons. The first-order valence-electron chi connectivity index (χ1n) is 6.15. The van der Waals surface area contributed by atoms with Crippen LogP contribution in [0.5, 0.6) is 0 Å². The first-order valence-corrected chi connectivity index (χ1v) is 7.09. The zero-order chi connectivity index (χ0) is 11.5. The second kappa shape index (κ2) is 5.02. The van der Waals surface area contributed by atoms with Gasteiger partial charge in [0, 0.05) is 31.0 Å². The summed E-state index contributed by atoms with van der Waals surface area (Å²) in [5, 5.41) is 8.03. The van der Waals surface area contributed by atoms with Gasteiger partial charge in [-0.2, -0.15) is 11.3 Å². The normalized spacial score (nSPS) is 24.2. The average Bonchev–Trinajstić information content (AvgIpc) is 3.09. The molecule has 2 aromatic rings. The number of rotatable bonds is 4. The van der Waals surface area contributed by atoms with E-state index in [9.17, 15) is 0 Å². The lowest BCUT2D eigenvalue weighted by Gasteiger charge is -2.22. The fraction of sp³-hybridized carbons (Fsp3) is 0.462. The third kappa shape index (κ3) is 2.42. The van der Waals surface area contributed by atoms with Gasteiger partial charge in [-0.3, -0.25) is 0 Å². The standard InChI is InChI=1S/C13H17N3S/c1-2-12(15-8-11-4-7-17-9-11)13(3-1)16-6-5-14-10-16/h4-7,9-10,12-13,15H,1-3,8H2. The molecular formula is C13H17N3S. The van der Waals surface area contributed by atoms with E-state index in [4.69, 9.17) is 0 Å². The fourth-order valence-electron chi connectivity index (χ4n) is 2.64. The number of imidazole rings is 1. The molecule has 4 heteroatoms. The molecule has 2 aromatic heterocycles. The van der Waals surface area contributed by atoms with E-state index in [2.05, 4.69) is 37.9 Å². The van der Waals surface area contributed by atoms with Crippen LogP contribution in [0.1, 0.15) is 30.9 Å². The lowest BCUT2D eigenvalue weighted by atomic mass is 10.1. The predicted octanol–water partition coefficient (Wildman–Crippen LogP) is 2.83. The van der Waals surface area contributed by atoms with Crippen LogP contribution in [0.15, 0.2) is 35.5 Å². The third-order valence-electron chi connectivity index (χ3n) is 3.54. The van der Waals surface area contributed by atoms with E-state index < -0.39 is 0 Å². The topological polar surface area (TPSA) is 29.9 Å². The van der Waals surface area contributed by atoms with E-state index in [0.717, 1.165) is 6.54 Å². The van der Waals surface area contributed by atoms with Crippen molar-refractivity contribution in [3.63, 3.8) is 0 Å². The van der Waals surface area contributed by atoms with Crippen LogP contribution in [-0.2, 0) is 6.54 Å². The van der Waals surface area contributed by atoms with Gasteiger partial charge in [-0.05, 0) is 41.7 Å². The van der Waals surface area contributed by atoms with Crippen molar-refractivity contribution in [1.82, 2.24) is 14.9 Å². The maximum atomic E-state index is 4.15. The molecule has 2 atom stereocenters. The van der Waals surface area contributed by atoms with Crippen LogP contribution < -0.4 is 5.32 Å². The van der Waals surface area contributed by atoms with Crippen LogP contribution >= 0.6 is 11.3 Å². The van der Waals surface area contributed by atoms with E-state index in [1.54, 1.807) is 11.3 Å². The van der Waals surface area contributed by atoms with Crippen LogP contribution in [0, 0.1) is 0 Å². The summed E-state index contributed by atoms with van der Waals surface area (Å²) in [7, 11) is 0. The highest BCUT2D eigenvalue weighted by Crippen LogP contribution is 2.30. The minimum absolute atomic E-state index is 0.580. The van der Waals surface area contributed by atoms with Gasteiger partial charge < -0.3 is 9.88 Å². The van der Waals surface area contributed by atoms with Gasteiger partial charge in [0.05, 0.1) is 6.33 Å². The number of hydrogen-bond acceptors (Lipinski definition) is 3. The van der Waals surface area contributed by atoms with Crippen molar-refractivity contribution in [2.24, 2.45) is 0 Å². The lowest BCUT2D eigenvalue weighted by Crippen LogP contribution is -2.32. The minimum atomic E-state index is 0.580. The van der Waals surface area contributed by atoms with Crippen LogP contribution in [0.4, 0.5) is 0 Å². The van der Waals surface area contributed by atoms with E-state index in [-0.39, 0.29) is 0 Å². The Balaban J connectivity index is 1.62. The molecular weight excluding hydrogens is 230 g/mol. The highest BCUT2D eigenvalue weighted by Gasteiger charge is 2.27. The second-order valence-electron chi connectivity index (χ2n) is 4.63. The summed E-state index contributed by atoms with van der Waals surface area (Å²) >= 11 is 1.77. The molecule has 0 saturated heterocycles. The molecule has 2 heterocycles. The molecule has 1 saturated carbocycles. The van der Waals surface area contributed by atoms with Crippen molar-refractivity contribution in [2.75, 3.05) is 0 Å². The maximum Gasteiger partial charge on any atom is 0.0949 e. The zero-order valence-electron chi connectivity index (χ0n) is 9.75. The van der Waals surface area contributed by atoms with Gasteiger partial charge in [-0.15, -0.1) is 0 Å². The summed E-state index contributed by atoms with van der Waals surface area (Å²) in [6.45, 7) is 0.985. The van der Waals surface area contributed by atoms with Gasteiger partial charge in [0.1, 0.15) is 0 Å². The molecule has 1 aliphatic rings. The SMILES string of the molecule is c1cn(C2CCCC2NCc2ccsc2)cn1. The summed E-state index contributed by atoms with van der Waals surface area (Å²) in [6, 6.07) is 3.36. The molecule has 0 bridgehead atoms. The Morgan fingerprint density at radius 3 is 3.24 bits per heavy atom. The van der Waals surface area contributed by atoms with Crippen LogP contribution in [-0.4, -0.2) is 15.6 Å². The van der Waals surface area contributed by atoms with Crippen LogP contribution in [0.25, 0.3) is 0 Å². The number of aromatic nitrogens is 2. The minimum Gasteiger partial charge on any atom is -0.333 e. The Bertz CT molecular complexity index is 435. The molecule has 0 aliphatic heterocycles. The number of thiophene rings is 1. The van der Waals surface area contributed by atoms with E-state index in [0.29, 0.717) is 12.1 Å². The molecule has 3 rings (SSSR count).